The van der Waals surface area contributed by atoms with Crippen molar-refractivity contribution in [3.63, 3.8) is 0 Å². The molecule has 0 amide bonds. The van der Waals surface area contributed by atoms with Gasteiger partial charge in [-0.25, -0.2) is 0 Å². The minimum atomic E-state index is -2.39. The van der Waals surface area contributed by atoms with Gasteiger partial charge in [-0.2, -0.15) is 0 Å². The maximum Gasteiger partial charge on any atom is 0.151 e. The van der Waals surface area contributed by atoms with Gasteiger partial charge in [0.05, 0.1) is 11.0 Å². The number of nitrogens with zero attached hydrogens (tertiary/aromatic N) is 1. The summed E-state index contributed by atoms with van der Waals surface area (Å²) in [6, 6.07) is 49.7. The molecule has 1 aliphatic heterocycles. The highest BCUT2D eigenvalue weighted by molar-refractivity contribution is 7.12. The zero-order valence-corrected chi connectivity index (χ0v) is 22.5. The molecule has 0 bridgehead atoms. The van der Waals surface area contributed by atoms with Crippen LogP contribution in [0.3, 0.4) is 0 Å². The van der Waals surface area contributed by atoms with Crippen molar-refractivity contribution in [2.24, 2.45) is 0 Å². The van der Waals surface area contributed by atoms with Crippen LogP contribution in [-0.2, 0) is 4.74 Å². The van der Waals surface area contributed by atoms with Crippen LogP contribution in [0.25, 0.3) is 27.5 Å². The Morgan fingerprint density at radius 2 is 1.08 bits per heavy atom. The van der Waals surface area contributed by atoms with Crippen molar-refractivity contribution in [2.75, 3.05) is 13.2 Å². The third kappa shape index (κ3) is 3.65. The van der Waals surface area contributed by atoms with E-state index < -0.39 is 8.07 Å². The van der Waals surface area contributed by atoms with Crippen LogP contribution in [0.4, 0.5) is 0 Å². The smallest absolute Gasteiger partial charge is 0.151 e. The summed E-state index contributed by atoms with van der Waals surface area (Å²) in [6.45, 7) is 1.68. The molecule has 1 saturated heterocycles. The summed E-state index contributed by atoms with van der Waals surface area (Å²) in [4.78, 5) is 0. The first-order valence-electron chi connectivity index (χ1n) is 13.7. The van der Waals surface area contributed by atoms with E-state index in [9.17, 15) is 0 Å². The van der Waals surface area contributed by atoms with Crippen molar-refractivity contribution in [1.29, 1.82) is 0 Å². The molecule has 0 spiro atoms. The zero-order valence-electron chi connectivity index (χ0n) is 21.5. The SMILES string of the molecule is c1ccc(-n2c3ccccc3c3cc([Si](c4ccccc4)(c4ccccc4)C4CCOCC4)ccc32)cc1. The van der Waals surface area contributed by atoms with Gasteiger partial charge in [0.2, 0.25) is 0 Å². The first kappa shape index (κ1) is 23.2. The minimum Gasteiger partial charge on any atom is -0.381 e. The molecule has 186 valence electrons. The molecule has 2 heterocycles. The highest BCUT2D eigenvalue weighted by Gasteiger charge is 2.46. The van der Waals surface area contributed by atoms with E-state index in [4.69, 9.17) is 4.74 Å². The highest BCUT2D eigenvalue weighted by Crippen LogP contribution is 2.35. The van der Waals surface area contributed by atoms with E-state index in [1.807, 2.05) is 0 Å². The molecule has 2 nitrogen and oxygen atoms in total. The first-order valence-corrected chi connectivity index (χ1v) is 15.7. The fourth-order valence-corrected chi connectivity index (χ4v) is 12.5. The summed E-state index contributed by atoms with van der Waals surface area (Å²) < 4.78 is 8.32. The van der Waals surface area contributed by atoms with Crippen LogP contribution >= 0.6 is 0 Å². The van der Waals surface area contributed by atoms with E-state index in [2.05, 4.69) is 138 Å². The Morgan fingerprint density at radius 3 is 1.74 bits per heavy atom. The lowest BCUT2D eigenvalue weighted by molar-refractivity contribution is 0.0961. The van der Waals surface area contributed by atoms with Crippen molar-refractivity contribution < 1.29 is 4.74 Å². The molecule has 0 saturated carbocycles. The summed E-state index contributed by atoms with van der Waals surface area (Å²) in [5, 5.41) is 7.11. The van der Waals surface area contributed by atoms with E-state index in [0.29, 0.717) is 5.54 Å². The standard InChI is InChI=1S/C35H31NOSi/c1-4-12-27(13-5-1)36-34-19-11-10-18-32(34)33-26-31(20-21-35(33)36)38(28-14-6-2-7-15-28,29-16-8-3-9-17-29)30-22-24-37-25-23-30/h1-21,26,30H,22-25H2. The third-order valence-electron chi connectivity index (χ3n) is 8.43. The number of aromatic nitrogens is 1. The fourth-order valence-electron chi connectivity index (χ4n) is 6.81. The van der Waals surface area contributed by atoms with E-state index in [1.165, 1.54) is 43.1 Å². The number of ether oxygens (including phenoxy) is 1. The Labute approximate surface area is 225 Å². The Bertz CT molecular complexity index is 1650. The molecule has 0 N–H and O–H groups in total. The first-order chi connectivity index (χ1) is 18.9. The van der Waals surface area contributed by atoms with Crippen molar-refractivity contribution >= 4 is 45.4 Å². The Balaban J connectivity index is 1.56. The maximum atomic E-state index is 5.90. The van der Waals surface area contributed by atoms with Gasteiger partial charge in [0.15, 0.2) is 8.07 Å². The molecule has 38 heavy (non-hydrogen) atoms. The van der Waals surface area contributed by atoms with Gasteiger partial charge >= 0.3 is 0 Å². The summed E-state index contributed by atoms with van der Waals surface area (Å²) >= 11 is 0. The van der Waals surface area contributed by atoms with Gasteiger partial charge in [0.1, 0.15) is 0 Å². The van der Waals surface area contributed by atoms with E-state index in [0.717, 1.165) is 26.1 Å². The van der Waals surface area contributed by atoms with E-state index in [-0.39, 0.29) is 0 Å². The monoisotopic (exact) mass is 509 g/mol. The number of para-hydroxylation sites is 2. The predicted molar refractivity (Wildman–Crippen MR) is 162 cm³/mol. The lowest BCUT2D eigenvalue weighted by Gasteiger charge is -2.42. The lowest BCUT2D eigenvalue weighted by atomic mass is 10.1. The maximum absolute atomic E-state index is 5.90. The summed E-state index contributed by atoms with van der Waals surface area (Å²) in [5.41, 5.74) is 4.28. The Hall–Kier alpha value is -3.92. The minimum absolute atomic E-state index is 0.570. The predicted octanol–water partition coefficient (Wildman–Crippen LogP) is 6.43. The van der Waals surface area contributed by atoms with Crippen LogP contribution in [0.5, 0.6) is 0 Å². The molecule has 0 aliphatic carbocycles. The largest absolute Gasteiger partial charge is 0.381 e. The molecule has 0 atom stereocenters. The third-order valence-corrected chi connectivity index (χ3v) is 13.9. The van der Waals surface area contributed by atoms with E-state index in [1.54, 1.807) is 0 Å². The molecular weight excluding hydrogens is 478 g/mol. The van der Waals surface area contributed by atoms with Crippen molar-refractivity contribution in [3.05, 3.63) is 133 Å². The molecule has 6 aromatic rings. The lowest BCUT2D eigenvalue weighted by Crippen LogP contribution is -2.70. The quantitative estimate of drug-likeness (QED) is 0.193. The zero-order chi connectivity index (χ0) is 25.4. The van der Waals surface area contributed by atoms with Gasteiger partial charge in [0, 0.05) is 29.7 Å². The molecular formula is C35H31NOSi. The van der Waals surface area contributed by atoms with Crippen LogP contribution < -0.4 is 15.6 Å². The van der Waals surface area contributed by atoms with Crippen LogP contribution in [-0.4, -0.2) is 25.9 Å². The van der Waals surface area contributed by atoms with Gasteiger partial charge in [-0.1, -0.05) is 109 Å². The number of benzene rings is 5. The van der Waals surface area contributed by atoms with Crippen molar-refractivity contribution in [1.82, 2.24) is 4.57 Å². The van der Waals surface area contributed by atoms with Gasteiger partial charge in [-0.3, -0.25) is 0 Å². The van der Waals surface area contributed by atoms with E-state index >= 15 is 0 Å². The Morgan fingerprint density at radius 1 is 0.526 bits per heavy atom. The van der Waals surface area contributed by atoms with Gasteiger partial charge in [-0.15, -0.1) is 0 Å². The summed E-state index contributed by atoms with van der Waals surface area (Å²) in [6.07, 6.45) is 2.19. The number of fused-ring (bicyclic) bond motifs is 3. The number of hydrogen-bond donors (Lipinski definition) is 0. The van der Waals surface area contributed by atoms with Crippen molar-refractivity contribution in [2.45, 2.75) is 18.4 Å². The Kier molecular flexibility index (Phi) is 5.96. The molecule has 3 heteroatoms. The number of rotatable bonds is 5. The van der Waals surface area contributed by atoms with Crippen LogP contribution in [0.2, 0.25) is 5.54 Å². The van der Waals surface area contributed by atoms with Gasteiger partial charge < -0.3 is 9.30 Å². The average Bonchev–Trinajstić information content (AvgIpc) is 3.34. The van der Waals surface area contributed by atoms with Crippen molar-refractivity contribution in [3.8, 4) is 5.69 Å². The molecule has 7 rings (SSSR count). The van der Waals surface area contributed by atoms with Gasteiger partial charge in [0.25, 0.3) is 0 Å². The molecule has 1 aromatic heterocycles. The molecule has 1 fully saturated rings. The second-order valence-electron chi connectivity index (χ2n) is 10.3. The summed E-state index contributed by atoms with van der Waals surface area (Å²) in [7, 11) is -2.39. The van der Waals surface area contributed by atoms with Crippen LogP contribution in [0.15, 0.2) is 133 Å². The highest BCUT2D eigenvalue weighted by atomic mass is 28.3. The van der Waals surface area contributed by atoms with Crippen LogP contribution in [0.1, 0.15) is 12.8 Å². The molecule has 0 radical (unpaired) electrons. The van der Waals surface area contributed by atoms with Crippen LogP contribution in [0, 0.1) is 0 Å². The number of hydrogen-bond acceptors (Lipinski definition) is 1. The molecule has 0 unspecified atom stereocenters. The molecule has 1 aliphatic rings. The normalized spacial score (nSPS) is 14.7. The average molecular weight is 510 g/mol. The van der Waals surface area contributed by atoms with Gasteiger partial charge in [-0.05, 0) is 58.2 Å². The molecule has 5 aromatic carbocycles. The topological polar surface area (TPSA) is 14.2 Å². The second-order valence-corrected chi connectivity index (χ2v) is 14.5. The second kappa shape index (κ2) is 9.75. The fraction of sp³-hybridized carbons (Fsp3) is 0.143. The summed E-state index contributed by atoms with van der Waals surface area (Å²) in [5.74, 6) is 0.